The van der Waals surface area contributed by atoms with Gasteiger partial charge in [-0.2, -0.15) is 0 Å². The molecule has 0 saturated carbocycles. The lowest BCUT2D eigenvalue weighted by molar-refractivity contribution is 0.0929. The molecule has 0 unspecified atom stereocenters. The van der Waals surface area contributed by atoms with E-state index in [0.717, 1.165) is 23.5 Å². The van der Waals surface area contributed by atoms with E-state index in [0.29, 0.717) is 13.1 Å². The van der Waals surface area contributed by atoms with Crippen LogP contribution in [0.2, 0.25) is 0 Å². The normalized spacial score (nSPS) is 10.9. The lowest BCUT2D eigenvalue weighted by Crippen LogP contribution is -2.29. The molecule has 110 valence electrons. The predicted octanol–water partition coefficient (Wildman–Crippen LogP) is 3.40. The Morgan fingerprint density at radius 1 is 1.10 bits per heavy atom. The van der Waals surface area contributed by atoms with Gasteiger partial charge in [0.05, 0.1) is 12.2 Å². The van der Waals surface area contributed by atoms with E-state index in [1.807, 2.05) is 56.3 Å². The Morgan fingerprint density at radius 3 is 2.43 bits per heavy atom. The number of aromatic nitrogens is 1. The third-order valence-electron chi connectivity index (χ3n) is 3.52. The van der Waals surface area contributed by atoms with Crippen molar-refractivity contribution in [2.24, 2.45) is 0 Å². The van der Waals surface area contributed by atoms with Crippen LogP contribution in [0.4, 0.5) is 0 Å². The number of nitrogens with zero attached hydrogens (tertiary/aromatic N) is 2. The molecule has 0 bridgehead atoms. The van der Waals surface area contributed by atoms with Crippen molar-refractivity contribution in [3.05, 3.63) is 65.0 Å². The largest absolute Gasteiger partial charge is 0.293 e. The zero-order chi connectivity index (χ0) is 15.2. The molecule has 0 aliphatic heterocycles. The van der Waals surface area contributed by atoms with Gasteiger partial charge in [0.1, 0.15) is 0 Å². The first-order valence-electron chi connectivity index (χ1n) is 7.33. The van der Waals surface area contributed by atoms with Crippen molar-refractivity contribution in [2.45, 2.75) is 27.3 Å². The summed E-state index contributed by atoms with van der Waals surface area (Å²) >= 11 is 0. The van der Waals surface area contributed by atoms with Crippen LogP contribution in [0, 0.1) is 13.8 Å². The second-order valence-electron chi connectivity index (χ2n) is 5.36. The number of ketones is 1. The molecule has 0 fully saturated rings. The zero-order valence-electron chi connectivity index (χ0n) is 13.0. The number of pyridine rings is 1. The molecule has 0 spiro atoms. The number of aryl methyl sites for hydroxylation is 2. The number of Topliss-reactive ketones (excluding diaryl/α,β-unsaturated/α-hetero) is 1. The summed E-state index contributed by atoms with van der Waals surface area (Å²) in [7, 11) is 0. The Hall–Kier alpha value is -2.00. The minimum atomic E-state index is 0.157. The van der Waals surface area contributed by atoms with Crippen molar-refractivity contribution in [3.63, 3.8) is 0 Å². The van der Waals surface area contributed by atoms with Crippen molar-refractivity contribution < 1.29 is 4.79 Å². The maximum Gasteiger partial charge on any atom is 0.176 e. The molecule has 2 rings (SSSR count). The summed E-state index contributed by atoms with van der Waals surface area (Å²) in [5.74, 6) is 0.157. The Bertz CT molecular complexity index is 605. The van der Waals surface area contributed by atoms with Crippen molar-refractivity contribution in [1.29, 1.82) is 0 Å². The molecule has 0 aliphatic carbocycles. The van der Waals surface area contributed by atoms with E-state index in [-0.39, 0.29) is 5.78 Å². The monoisotopic (exact) mass is 282 g/mol. The van der Waals surface area contributed by atoms with Gasteiger partial charge in [-0.15, -0.1) is 0 Å². The molecule has 0 aliphatic rings. The first-order chi connectivity index (χ1) is 10.1. The molecule has 2 aromatic rings. The Morgan fingerprint density at radius 2 is 1.81 bits per heavy atom. The molecule has 0 saturated heterocycles. The van der Waals surface area contributed by atoms with E-state index in [2.05, 4.69) is 16.8 Å². The average molecular weight is 282 g/mol. The van der Waals surface area contributed by atoms with Crippen molar-refractivity contribution >= 4 is 5.78 Å². The highest BCUT2D eigenvalue weighted by Crippen LogP contribution is 2.08. The third-order valence-corrected chi connectivity index (χ3v) is 3.52. The molecule has 1 heterocycles. The molecular formula is C18H22N2O. The summed E-state index contributed by atoms with van der Waals surface area (Å²) in [6, 6.07) is 13.8. The van der Waals surface area contributed by atoms with E-state index in [9.17, 15) is 4.79 Å². The number of benzene rings is 1. The van der Waals surface area contributed by atoms with E-state index < -0.39 is 0 Å². The summed E-state index contributed by atoms with van der Waals surface area (Å²) in [5, 5.41) is 0. The average Bonchev–Trinajstić information content (AvgIpc) is 2.47. The topological polar surface area (TPSA) is 33.2 Å². The van der Waals surface area contributed by atoms with Gasteiger partial charge in [-0.3, -0.25) is 14.7 Å². The zero-order valence-corrected chi connectivity index (χ0v) is 13.0. The van der Waals surface area contributed by atoms with Gasteiger partial charge in [0.15, 0.2) is 5.78 Å². The maximum atomic E-state index is 12.3. The van der Waals surface area contributed by atoms with Gasteiger partial charge in [-0.1, -0.05) is 42.8 Å². The molecule has 0 atom stereocenters. The second-order valence-corrected chi connectivity index (χ2v) is 5.36. The smallest absolute Gasteiger partial charge is 0.176 e. The fourth-order valence-corrected chi connectivity index (χ4v) is 2.23. The van der Waals surface area contributed by atoms with Crippen LogP contribution in [0.25, 0.3) is 0 Å². The lowest BCUT2D eigenvalue weighted by Gasteiger charge is -2.19. The van der Waals surface area contributed by atoms with E-state index in [1.165, 1.54) is 5.56 Å². The number of hydrogen-bond acceptors (Lipinski definition) is 3. The quantitative estimate of drug-likeness (QED) is 0.761. The number of carbonyl (C=O) groups excluding carboxylic acids is 1. The predicted molar refractivity (Wildman–Crippen MR) is 85.4 cm³/mol. The number of likely N-dealkylation sites (N-methyl/N-ethyl adjacent to an activating group) is 1. The van der Waals surface area contributed by atoms with Gasteiger partial charge in [0.2, 0.25) is 0 Å². The van der Waals surface area contributed by atoms with Crippen LogP contribution < -0.4 is 0 Å². The van der Waals surface area contributed by atoms with Gasteiger partial charge in [0, 0.05) is 17.8 Å². The van der Waals surface area contributed by atoms with Crippen molar-refractivity contribution in [2.75, 3.05) is 13.1 Å². The Labute approximate surface area is 126 Å². The first kappa shape index (κ1) is 15.4. The van der Waals surface area contributed by atoms with Gasteiger partial charge >= 0.3 is 0 Å². The van der Waals surface area contributed by atoms with Gasteiger partial charge in [0.25, 0.3) is 0 Å². The fourth-order valence-electron chi connectivity index (χ4n) is 2.23. The molecule has 3 nitrogen and oxygen atoms in total. The van der Waals surface area contributed by atoms with Crippen LogP contribution in [-0.4, -0.2) is 28.8 Å². The fraction of sp³-hybridized carbons (Fsp3) is 0.333. The molecular weight excluding hydrogens is 260 g/mol. The minimum Gasteiger partial charge on any atom is -0.293 e. The molecule has 0 N–H and O–H groups in total. The highest BCUT2D eigenvalue weighted by molar-refractivity contribution is 5.97. The van der Waals surface area contributed by atoms with Crippen LogP contribution >= 0.6 is 0 Å². The van der Waals surface area contributed by atoms with Crippen LogP contribution in [0.1, 0.15) is 34.2 Å². The SMILES string of the molecule is CCN(CC(=O)c1ccc(C)cc1)Cc1cccc(C)n1. The van der Waals surface area contributed by atoms with Crippen LogP contribution in [0.5, 0.6) is 0 Å². The summed E-state index contributed by atoms with van der Waals surface area (Å²) in [6.07, 6.45) is 0. The van der Waals surface area contributed by atoms with Gasteiger partial charge in [-0.05, 0) is 32.5 Å². The van der Waals surface area contributed by atoms with Crippen molar-refractivity contribution in [3.8, 4) is 0 Å². The molecule has 21 heavy (non-hydrogen) atoms. The highest BCUT2D eigenvalue weighted by Gasteiger charge is 2.12. The van der Waals surface area contributed by atoms with Crippen LogP contribution in [0.15, 0.2) is 42.5 Å². The van der Waals surface area contributed by atoms with E-state index in [4.69, 9.17) is 0 Å². The highest BCUT2D eigenvalue weighted by atomic mass is 16.1. The Kier molecular flexibility index (Phi) is 5.23. The van der Waals surface area contributed by atoms with E-state index >= 15 is 0 Å². The number of carbonyl (C=O) groups is 1. The molecule has 0 amide bonds. The van der Waals surface area contributed by atoms with Gasteiger partial charge < -0.3 is 0 Å². The lowest BCUT2D eigenvalue weighted by atomic mass is 10.1. The van der Waals surface area contributed by atoms with Crippen LogP contribution in [0.3, 0.4) is 0 Å². The molecule has 0 radical (unpaired) electrons. The summed E-state index contributed by atoms with van der Waals surface area (Å²) < 4.78 is 0. The number of hydrogen-bond donors (Lipinski definition) is 0. The molecule has 1 aromatic heterocycles. The summed E-state index contributed by atoms with van der Waals surface area (Å²) in [6.45, 7) is 8.03. The summed E-state index contributed by atoms with van der Waals surface area (Å²) in [4.78, 5) is 18.9. The Balaban J connectivity index is 2.01. The molecule has 1 aromatic carbocycles. The maximum absolute atomic E-state index is 12.3. The summed E-state index contributed by atoms with van der Waals surface area (Å²) in [5.41, 5.74) is 3.96. The molecule has 3 heteroatoms. The first-order valence-corrected chi connectivity index (χ1v) is 7.33. The van der Waals surface area contributed by atoms with E-state index in [1.54, 1.807) is 0 Å². The minimum absolute atomic E-state index is 0.157. The second kappa shape index (κ2) is 7.14. The number of rotatable bonds is 6. The van der Waals surface area contributed by atoms with Crippen LogP contribution in [-0.2, 0) is 6.54 Å². The van der Waals surface area contributed by atoms with Gasteiger partial charge in [-0.25, -0.2) is 0 Å². The third kappa shape index (κ3) is 4.50. The standard InChI is InChI=1S/C18H22N2O/c1-4-20(12-17-7-5-6-15(3)19-17)13-18(21)16-10-8-14(2)9-11-16/h5-11H,4,12-13H2,1-3H3. The van der Waals surface area contributed by atoms with Crippen molar-refractivity contribution in [1.82, 2.24) is 9.88 Å².